The molecule has 0 spiro atoms. The normalized spacial score (nSPS) is 11.0. The zero-order valence-corrected chi connectivity index (χ0v) is 12.1. The van der Waals surface area contributed by atoms with Gasteiger partial charge in [-0.3, -0.25) is 5.32 Å². The second kappa shape index (κ2) is 7.03. The molecular formula is C16H12F3NO4. The summed E-state index contributed by atoms with van der Waals surface area (Å²) >= 11 is 0. The maximum absolute atomic E-state index is 12.7. The number of aromatic carboxylic acids is 1. The van der Waals surface area contributed by atoms with Crippen LogP contribution in [-0.4, -0.2) is 17.2 Å². The van der Waals surface area contributed by atoms with Crippen molar-refractivity contribution < 1.29 is 32.6 Å². The van der Waals surface area contributed by atoms with Crippen LogP contribution in [-0.2, 0) is 17.5 Å². The van der Waals surface area contributed by atoms with Gasteiger partial charge in [-0.1, -0.05) is 30.3 Å². The number of amides is 1. The summed E-state index contributed by atoms with van der Waals surface area (Å²) in [7, 11) is 0. The van der Waals surface area contributed by atoms with Gasteiger partial charge < -0.3 is 9.84 Å². The summed E-state index contributed by atoms with van der Waals surface area (Å²) in [6.45, 7) is -0.0287. The highest BCUT2D eigenvalue weighted by atomic mass is 19.4. The molecule has 0 saturated heterocycles. The monoisotopic (exact) mass is 339 g/mol. The molecule has 1 amide bonds. The Labute approximate surface area is 134 Å². The topological polar surface area (TPSA) is 75.6 Å². The molecule has 24 heavy (non-hydrogen) atoms. The number of rotatable bonds is 4. The molecule has 0 aliphatic heterocycles. The van der Waals surface area contributed by atoms with Gasteiger partial charge in [0.05, 0.1) is 11.1 Å². The Bertz CT molecular complexity index is 745. The van der Waals surface area contributed by atoms with Gasteiger partial charge in [-0.05, 0) is 23.8 Å². The number of alkyl halides is 3. The van der Waals surface area contributed by atoms with Gasteiger partial charge in [-0.25, -0.2) is 9.59 Å². The first-order chi connectivity index (χ1) is 11.3. The van der Waals surface area contributed by atoms with Gasteiger partial charge in [0, 0.05) is 5.69 Å². The molecule has 126 valence electrons. The SMILES string of the molecule is O=C(Nc1ccc(C(F)(F)F)c(C(=O)O)c1)OCc1ccccc1. The van der Waals surface area contributed by atoms with E-state index < -0.39 is 29.4 Å². The fourth-order valence-corrected chi connectivity index (χ4v) is 1.92. The van der Waals surface area contributed by atoms with Crippen molar-refractivity contribution in [2.75, 3.05) is 5.32 Å². The molecule has 0 radical (unpaired) electrons. The number of hydrogen-bond acceptors (Lipinski definition) is 3. The van der Waals surface area contributed by atoms with Gasteiger partial charge in [0.15, 0.2) is 0 Å². The van der Waals surface area contributed by atoms with Crippen LogP contribution in [0.5, 0.6) is 0 Å². The van der Waals surface area contributed by atoms with E-state index >= 15 is 0 Å². The van der Waals surface area contributed by atoms with Gasteiger partial charge in [0.25, 0.3) is 0 Å². The van der Waals surface area contributed by atoms with E-state index in [0.29, 0.717) is 6.07 Å². The highest BCUT2D eigenvalue weighted by Gasteiger charge is 2.35. The number of carboxylic acid groups (broad SMARTS) is 1. The molecule has 0 aliphatic rings. The van der Waals surface area contributed by atoms with Crippen molar-refractivity contribution in [1.29, 1.82) is 0 Å². The average Bonchev–Trinajstić information content (AvgIpc) is 2.53. The Morgan fingerprint density at radius 3 is 2.33 bits per heavy atom. The Balaban J connectivity index is 2.08. The second-order valence-electron chi connectivity index (χ2n) is 4.75. The van der Waals surface area contributed by atoms with Crippen molar-refractivity contribution in [2.24, 2.45) is 0 Å². The molecule has 2 aromatic rings. The van der Waals surface area contributed by atoms with Gasteiger partial charge in [-0.2, -0.15) is 13.2 Å². The summed E-state index contributed by atoms with van der Waals surface area (Å²) in [5.74, 6) is -1.75. The van der Waals surface area contributed by atoms with Crippen molar-refractivity contribution in [2.45, 2.75) is 12.8 Å². The smallest absolute Gasteiger partial charge is 0.417 e. The van der Waals surface area contributed by atoms with Crippen molar-refractivity contribution in [3.05, 3.63) is 65.2 Å². The minimum Gasteiger partial charge on any atom is -0.478 e. The molecule has 0 aromatic heterocycles. The number of nitrogens with one attached hydrogen (secondary N) is 1. The van der Waals surface area contributed by atoms with E-state index in [4.69, 9.17) is 9.84 Å². The van der Waals surface area contributed by atoms with E-state index in [2.05, 4.69) is 5.32 Å². The fourth-order valence-electron chi connectivity index (χ4n) is 1.92. The van der Waals surface area contributed by atoms with Gasteiger partial charge >= 0.3 is 18.2 Å². The standard InChI is InChI=1S/C16H12F3NO4/c17-16(18,19)13-7-6-11(8-12(13)14(21)22)20-15(23)24-9-10-4-2-1-3-5-10/h1-8H,9H2,(H,20,23)(H,21,22). The highest BCUT2D eigenvalue weighted by molar-refractivity contribution is 5.93. The number of carbonyl (C=O) groups excluding carboxylic acids is 1. The third-order valence-corrected chi connectivity index (χ3v) is 3.01. The van der Waals surface area contributed by atoms with Crippen LogP contribution >= 0.6 is 0 Å². The van der Waals surface area contributed by atoms with Crippen molar-refractivity contribution >= 4 is 17.7 Å². The van der Waals surface area contributed by atoms with E-state index in [1.165, 1.54) is 0 Å². The Hall–Kier alpha value is -3.03. The fraction of sp³-hybridized carbons (Fsp3) is 0.125. The lowest BCUT2D eigenvalue weighted by Crippen LogP contribution is -2.16. The molecule has 2 N–H and O–H groups in total. The second-order valence-corrected chi connectivity index (χ2v) is 4.75. The lowest BCUT2D eigenvalue weighted by atomic mass is 10.1. The number of carboxylic acids is 1. The first kappa shape index (κ1) is 17.3. The highest BCUT2D eigenvalue weighted by Crippen LogP contribution is 2.33. The number of hydrogen-bond donors (Lipinski definition) is 2. The molecule has 0 fully saturated rings. The Kier molecular flexibility index (Phi) is 5.08. The van der Waals surface area contributed by atoms with Crippen LogP contribution in [0.4, 0.5) is 23.7 Å². The quantitative estimate of drug-likeness (QED) is 0.877. The Morgan fingerprint density at radius 1 is 1.08 bits per heavy atom. The molecular weight excluding hydrogens is 327 g/mol. The van der Waals surface area contributed by atoms with Gasteiger partial charge in [0.2, 0.25) is 0 Å². The largest absolute Gasteiger partial charge is 0.478 e. The number of anilines is 1. The summed E-state index contributed by atoms with van der Waals surface area (Å²) < 4.78 is 43.1. The Morgan fingerprint density at radius 2 is 1.75 bits per heavy atom. The first-order valence-electron chi connectivity index (χ1n) is 6.69. The number of ether oxygens (including phenoxy) is 1. The van der Waals surface area contributed by atoms with Crippen molar-refractivity contribution in [1.82, 2.24) is 0 Å². The summed E-state index contributed by atoms with van der Waals surface area (Å²) in [6, 6.07) is 11.0. The van der Waals surface area contributed by atoms with E-state index in [1.54, 1.807) is 30.3 Å². The summed E-state index contributed by atoms with van der Waals surface area (Å²) in [5.41, 5.74) is -1.63. The molecule has 0 heterocycles. The summed E-state index contributed by atoms with van der Waals surface area (Å²) in [4.78, 5) is 22.6. The van der Waals surface area contributed by atoms with Crippen molar-refractivity contribution in [3.8, 4) is 0 Å². The molecule has 0 aliphatic carbocycles. The molecule has 0 saturated carbocycles. The maximum Gasteiger partial charge on any atom is 0.417 e. The number of halogens is 3. The van der Waals surface area contributed by atoms with E-state index in [9.17, 15) is 22.8 Å². The van der Waals surface area contributed by atoms with E-state index in [1.807, 2.05) is 0 Å². The molecule has 0 atom stereocenters. The lowest BCUT2D eigenvalue weighted by Gasteiger charge is -2.12. The van der Waals surface area contributed by atoms with Crippen LogP contribution in [0.15, 0.2) is 48.5 Å². The zero-order chi connectivity index (χ0) is 17.7. The van der Waals surface area contributed by atoms with Crippen LogP contribution in [0.25, 0.3) is 0 Å². The summed E-state index contributed by atoms with van der Waals surface area (Å²) in [5, 5.41) is 11.1. The predicted octanol–water partition coefficient (Wildman–Crippen LogP) is 4.15. The third-order valence-electron chi connectivity index (χ3n) is 3.01. The van der Waals surface area contributed by atoms with Gasteiger partial charge in [-0.15, -0.1) is 0 Å². The molecule has 2 rings (SSSR count). The molecule has 5 nitrogen and oxygen atoms in total. The van der Waals surface area contributed by atoms with Gasteiger partial charge in [0.1, 0.15) is 6.61 Å². The third kappa shape index (κ3) is 4.48. The first-order valence-corrected chi connectivity index (χ1v) is 6.69. The van der Waals surface area contributed by atoms with Crippen LogP contribution < -0.4 is 5.32 Å². The predicted molar refractivity (Wildman–Crippen MR) is 78.7 cm³/mol. The summed E-state index contributed by atoms with van der Waals surface area (Å²) in [6.07, 6.45) is -5.71. The minimum atomic E-state index is -4.81. The molecule has 0 unspecified atom stereocenters. The van der Waals surface area contributed by atoms with Crippen LogP contribution in [0, 0.1) is 0 Å². The van der Waals surface area contributed by atoms with E-state index in [0.717, 1.165) is 17.7 Å². The molecule has 2 aromatic carbocycles. The number of benzene rings is 2. The minimum absolute atomic E-state index is 0.0287. The molecule has 0 bridgehead atoms. The van der Waals surface area contributed by atoms with Crippen LogP contribution in [0.1, 0.15) is 21.5 Å². The van der Waals surface area contributed by atoms with Crippen LogP contribution in [0.2, 0.25) is 0 Å². The van der Waals surface area contributed by atoms with E-state index in [-0.39, 0.29) is 12.3 Å². The van der Waals surface area contributed by atoms with Crippen molar-refractivity contribution in [3.63, 3.8) is 0 Å². The van der Waals surface area contributed by atoms with Crippen LogP contribution in [0.3, 0.4) is 0 Å². The lowest BCUT2D eigenvalue weighted by molar-refractivity contribution is -0.138. The molecule has 8 heteroatoms. The zero-order valence-electron chi connectivity index (χ0n) is 12.1. The maximum atomic E-state index is 12.7. The average molecular weight is 339 g/mol. The number of carbonyl (C=O) groups is 2.